The lowest BCUT2D eigenvalue weighted by Gasteiger charge is -2.20. The third-order valence-corrected chi connectivity index (χ3v) is 3.69. The quantitative estimate of drug-likeness (QED) is 0.901. The van der Waals surface area contributed by atoms with Crippen molar-refractivity contribution >= 4 is 17.4 Å². The van der Waals surface area contributed by atoms with Crippen LogP contribution >= 0.6 is 11.6 Å². The van der Waals surface area contributed by atoms with Crippen LogP contribution in [0.3, 0.4) is 0 Å². The number of hydrogen-bond acceptors (Lipinski definition) is 3. The summed E-state index contributed by atoms with van der Waals surface area (Å²) in [5.41, 5.74) is 7.49. The van der Waals surface area contributed by atoms with E-state index in [2.05, 4.69) is 25.9 Å². The predicted molar refractivity (Wildman–Crippen MR) is 74.7 cm³/mol. The summed E-state index contributed by atoms with van der Waals surface area (Å²) in [6.45, 7) is 6.32. The topological polar surface area (TPSA) is 52.0 Å². The molecule has 2 aromatic rings. The standard InChI is InChI=1S/C14H17ClN2O/c1-4-14(2,3)12-11(13(16)17-18-12)9-7-5-6-8-10(9)15/h5-8H,4H2,1-3H3,(H2,16,17). The second-order valence-electron chi connectivity index (χ2n) is 4.99. The molecule has 0 spiro atoms. The Hall–Kier alpha value is -1.48. The zero-order valence-corrected chi connectivity index (χ0v) is 11.6. The van der Waals surface area contributed by atoms with Gasteiger partial charge in [-0.25, -0.2) is 0 Å². The average Bonchev–Trinajstić information content (AvgIpc) is 2.72. The largest absolute Gasteiger partial charge is 0.380 e. The fourth-order valence-corrected chi connectivity index (χ4v) is 2.08. The molecule has 0 saturated heterocycles. The minimum Gasteiger partial charge on any atom is -0.380 e. The van der Waals surface area contributed by atoms with E-state index in [0.717, 1.165) is 23.3 Å². The highest BCUT2D eigenvalue weighted by Gasteiger charge is 2.30. The van der Waals surface area contributed by atoms with Crippen molar-refractivity contribution in [1.82, 2.24) is 5.16 Å². The van der Waals surface area contributed by atoms with Crippen molar-refractivity contribution in [3.63, 3.8) is 0 Å². The van der Waals surface area contributed by atoms with Crippen molar-refractivity contribution in [2.75, 3.05) is 5.73 Å². The second kappa shape index (κ2) is 4.65. The van der Waals surface area contributed by atoms with Crippen LogP contribution in [0.25, 0.3) is 11.1 Å². The molecule has 0 aliphatic carbocycles. The maximum absolute atomic E-state index is 6.23. The van der Waals surface area contributed by atoms with E-state index in [0.29, 0.717) is 10.8 Å². The van der Waals surface area contributed by atoms with Gasteiger partial charge in [-0.15, -0.1) is 0 Å². The molecule has 18 heavy (non-hydrogen) atoms. The van der Waals surface area contributed by atoms with E-state index in [-0.39, 0.29) is 5.41 Å². The lowest BCUT2D eigenvalue weighted by molar-refractivity contribution is 0.313. The van der Waals surface area contributed by atoms with Crippen molar-refractivity contribution in [2.45, 2.75) is 32.6 Å². The van der Waals surface area contributed by atoms with E-state index >= 15 is 0 Å². The molecule has 0 unspecified atom stereocenters. The predicted octanol–water partition coefficient (Wildman–Crippen LogP) is 4.26. The molecular weight excluding hydrogens is 248 g/mol. The highest BCUT2D eigenvalue weighted by atomic mass is 35.5. The first-order chi connectivity index (χ1) is 8.47. The summed E-state index contributed by atoms with van der Waals surface area (Å²) in [5, 5.41) is 4.55. The van der Waals surface area contributed by atoms with Crippen LogP contribution in [0.2, 0.25) is 5.02 Å². The zero-order valence-electron chi connectivity index (χ0n) is 10.8. The van der Waals surface area contributed by atoms with Gasteiger partial charge in [0.15, 0.2) is 11.6 Å². The van der Waals surface area contributed by atoms with Gasteiger partial charge in [-0.3, -0.25) is 0 Å². The molecule has 4 heteroatoms. The number of nitrogens with two attached hydrogens (primary N) is 1. The number of halogens is 1. The van der Waals surface area contributed by atoms with E-state index < -0.39 is 0 Å². The number of aromatic nitrogens is 1. The van der Waals surface area contributed by atoms with Crippen LogP contribution in [0.1, 0.15) is 33.0 Å². The molecule has 2 rings (SSSR count). The highest BCUT2D eigenvalue weighted by Crippen LogP contribution is 2.41. The van der Waals surface area contributed by atoms with E-state index in [9.17, 15) is 0 Å². The fraction of sp³-hybridized carbons (Fsp3) is 0.357. The maximum atomic E-state index is 6.23. The van der Waals surface area contributed by atoms with Gasteiger partial charge in [-0.2, -0.15) is 0 Å². The van der Waals surface area contributed by atoms with Crippen LogP contribution in [-0.4, -0.2) is 5.16 Å². The molecule has 0 bridgehead atoms. The van der Waals surface area contributed by atoms with Gasteiger partial charge in [-0.1, -0.05) is 55.7 Å². The zero-order chi connectivity index (χ0) is 13.3. The van der Waals surface area contributed by atoms with Gasteiger partial charge in [0, 0.05) is 16.0 Å². The first-order valence-electron chi connectivity index (χ1n) is 5.98. The average molecular weight is 265 g/mol. The molecular formula is C14H17ClN2O. The molecule has 0 saturated carbocycles. The monoisotopic (exact) mass is 264 g/mol. The second-order valence-corrected chi connectivity index (χ2v) is 5.40. The molecule has 3 nitrogen and oxygen atoms in total. The van der Waals surface area contributed by atoms with Gasteiger partial charge >= 0.3 is 0 Å². The third kappa shape index (κ3) is 2.10. The van der Waals surface area contributed by atoms with Crippen molar-refractivity contribution in [3.05, 3.63) is 35.0 Å². The molecule has 0 fully saturated rings. The van der Waals surface area contributed by atoms with Crippen LogP contribution < -0.4 is 5.73 Å². The van der Waals surface area contributed by atoms with Crippen LogP contribution in [0.15, 0.2) is 28.8 Å². The van der Waals surface area contributed by atoms with E-state index in [1.807, 2.05) is 24.3 Å². The Bertz CT molecular complexity index is 561. The lowest BCUT2D eigenvalue weighted by atomic mass is 9.83. The minimum absolute atomic E-state index is 0.126. The number of rotatable bonds is 3. The van der Waals surface area contributed by atoms with Gasteiger partial charge < -0.3 is 10.3 Å². The fourth-order valence-electron chi connectivity index (χ4n) is 1.85. The van der Waals surface area contributed by atoms with Gasteiger partial charge in [0.05, 0.1) is 5.56 Å². The van der Waals surface area contributed by atoms with Crippen molar-refractivity contribution in [3.8, 4) is 11.1 Å². The first kappa shape index (κ1) is 13.0. The minimum atomic E-state index is -0.126. The van der Waals surface area contributed by atoms with Crippen LogP contribution in [-0.2, 0) is 5.41 Å². The Morgan fingerprint density at radius 2 is 2.00 bits per heavy atom. The van der Waals surface area contributed by atoms with Gasteiger partial charge in [-0.05, 0) is 12.5 Å². The molecule has 0 atom stereocenters. The van der Waals surface area contributed by atoms with E-state index in [4.69, 9.17) is 21.9 Å². The molecule has 0 aliphatic rings. The van der Waals surface area contributed by atoms with Crippen LogP contribution in [0, 0.1) is 0 Å². The number of nitrogens with zero attached hydrogens (tertiary/aromatic N) is 1. The van der Waals surface area contributed by atoms with Crippen molar-refractivity contribution in [1.29, 1.82) is 0 Å². The van der Waals surface area contributed by atoms with Gasteiger partial charge in [0.2, 0.25) is 0 Å². The molecule has 96 valence electrons. The van der Waals surface area contributed by atoms with Crippen molar-refractivity contribution in [2.24, 2.45) is 0 Å². The maximum Gasteiger partial charge on any atom is 0.175 e. The molecule has 0 aliphatic heterocycles. The third-order valence-electron chi connectivity index (χ3n) is 3.36. The lowest BCUT2D eigenvalue weighted by Crippen LogP contribution is -2.15. The smallest absolute Gasteiger partial charge is 0.175 e. The Labute approximate surface area is 112 Å². The summed E-state index contributed by atoms with van der Waals surface area (Å²) in [6.07, 6.45) is 0.930. The Morgan fingerprint density at radius 3 is 2.61 bits per heavy atom. The highest BCUT2D eigenvalue weighted by molar-refractivity contribution is 6.33. The molecule has 0 radical (unpaired) electrons. The molecule has 2 N–H and O–H groups in total. The summed E-state index contributed by atoms with van der Waals surface area (Å²) in [6, 6.07) is 7.59. The molecule has 1 heterocycles. The van der Waals surface area contributed by atoms with E-state index in [1.54, 1.807) is 0 Å². The van der Waals surface area contributed by atoms with Crippen molar-refractivity contribution < 1.29 is 4.52 Å². The number of hydrogen-bond donors (Lipinski definition) is 1. The molecule has 1 aromatic heterocycles. The first-order valence-corrected chi connectivity index (χ1v) is 6.35. The van der Waals surface area contributed by atoms with Crippen LogP contribution in [0.5, 0.6) is 0 Å². The summed E-state index contributed by atoms with van der Waals surface area (Å²) in [4.78, 5) is 0. The Kier molecular flexibility index (Phi) is 3.35. The summed E-state index contributed by atoms with van der Waals surface area (Å²) in [5.74, 6) is 1.18. The van der Waals surface area contributed by atoms with Gasteiger partial charge in [0.25, 0.3) is 0 Å². The van der Waals surface area contributed by atoms with Crippen LogP contribution in [0.4, 0.5) is 5.82 Å². The van der Waals surface area contributed by atoms with E-state index in [1.165, 1.54) is 0 Å². The summed E-state index contributed by atoms with van der Waals surface area (Å²) in [7, 11) is 0. The Morgan fingerprint density at radius 1 is 1.33 bits per heavy atom. The number of nitrogen functional groups attached to an aromatic ring is 1. The van der Waals surface area contributed by atoms with Gasteiger partial charge in [0.1, 0.15) is 0 Å². The number of anilines is 1. The molecule has 0 amide bonds. The Balaban J connectivity index is 2.65. The normalized spacial score (nSPS) is 11.8. The molecule has 1 aromatic carbocycles. The summed E-state index contributed by atoms with van der Waals surface area (Å²) >= 11 is 6.23. The SMILES string of the molecule is CCC(C)(C)c1onc(N)c1-c1ccccc1Cl. The summed E-state index contributed by atoms with van der Waals surface area (Å²) < 4.78 is 5.43. The number of benzene rings is 1.